The third-order valence-electron chi connectivity index (χ3n) is 5.05. The van der Waals surface area contributed by atoms with Crippen LogP contribution in [0.2, 0.25) is 0 Å². The average Bonchev–Trinajstić information content (AvgIpc) is 2.66. The van der Waals surface area contributed by atoms with Gasteiger partial charge in [0.05, 0.1) is 13.2 Å². The normalized spacial score (nSPS) is 17.7. The van der Waals surface area contributed by atoms with Gasteiger partial charge in [-0.25, -0.2) is 0 Å². The fourth-order valence-corrected chi connectivity index (χ4v) is 3.27. The highest BCUT2D eigenvalue weighted by Crippen LogP contribution is 2.14. The Bertz CT molecular complexity index is 544. The zero-order chi connectivity index (χ0) is 19.6. The van der Waals surface area contributed by atoms with Crippen molar-refractivity contribution < 1.29 is 14.3 Å². The largest absolute Gasteiger partial charge is 0.379 e. The van der Waals surface area contributed by atoms with Gasteiger partial charge in [0.25, 0.3) is 5.91 Å². The highest BCUT2D eigenvalue weighted by atomic mass is 16.5. The van der Waals surface area contributed by atoms with Crippen LogP contribution in [0.25, 0.3) is 0 Å². The summed E-state index contributed by atoms with van der Waals surface area (Å²) in [5, 5.41) is 0. The number of hydrogen-bond donors (Lipinski definition) is 0. The Morgan fingerprint density at radius 2 is 1.81 bits per heavy atom. The average molecular weight is 377 g/mol. The SMILES string of the molecule is CC(C)CCOC(C)C(=O)N(Cc1ccccc1)C(C)CN1CCOCC1. The molecule has 5 heteroatoms. The Balaban J connectivity index is 2.01. The lowest BCUT2D eigenvalue weighted by atomic mass is 10.1. The maximum absolute atomic E-state index is 13.2. The molecule has 2 atom stereocenters. The third kappa shape index (κ3) is 7.60. The molecule has 2 unspecified atom stereocenters. The topological polar surface area (TPSA) is 42.0 Å². The van der Waals surface area contributed by atoms with Crippen molar-refractivity contribution in [1.82, 2.24) is 9.80 Å². The second-order valence-electron chi connectivity index (χ2n) is 7.91. The lowest BCUT2D eigenvalue weighted by Gasteiger charge is -2.36. The highest BCUT2D eigenvalue weighted by molar-refractivity contribution is 5.80. The van der Waals surface area contributed by atoms with Crippen molar-refractivity contribution in [1.29, 1.82) is 0 Å². The van der Waals surface area contributed by atoms with E-state index in [4.69, 9.17) is 9.47 Å². The summed E-state index contributed by atoms with van der Waals surface area (Å²) in [6.07, 6.45) is 0.555. The first-order valence-corrected chi connectivity index (χ1v) is 10.2. The van der Waals surface area contributed by atoms with Crippen LogP contribution in [0, 0.1) is 5.92 Å². The fraction of sp³-hybridized carbons (Fsp3) is 0.682. The maximum atomic E-state index is 13.2. The van der Waals surface area contributed by atoms with Crippen LogP contribution in [-0.4, -0.2) is 67.3 Å². The molecular formula is C22H36N2O3. The van der Waals surface area contributed by atoms with E-state index >= 15 is 0 Å². The Labute approximate surface area is 164 Å². The molecule has 1 aliphatic heterocycles. The number of hydrogen-bond acceptors (Lipinski definition) is 4. The molecular weight excluding hydrogens is 340 g/mol. The summed E-state index contributed by atoms with van der Waals surface area (Å²) in [4.78, 5) is 17.5. The van der Waals surface area contributed by atoms with Crippen LogP contribution in [0.5, 0.6) is 0 Å². The lowest BCUT2D eigenvalue weighted by Crippen LogP contribution is -2.50. The van der Waals surface area contributed by atoms with Crippen molar-refractivity contribution >= 4 is 5.91 Å². The van der Waals surface area contributed by atoms with Gasteiger partial charge >= 0.3 is 0 Å². The minimum absolute atomic E-state index is 0.0726. The number of carbonyl (C=O) groups is 1. The first-order valence-electron chi connectivity index (χ1n) is 10.2. The van der Waals surface area contributed by atoms with Crippen LogP contribution in [0.15, 0.2) is 30.3 Å². The van der Waals surface area contributed by atoms with Gasteiger partial charge in [-0.1, -0.05) is 44.2 Å². The fourth-order valence-electron chi connectivity index (χ4n) is 3.27. The van der Waals surface area contributed by atoms with Crippen LogP contribution in [0.4, 0.5) is 0 Å². The van der Waals surface area contributed by atoms with Crippen molar-refractivity contribution in [2.24, 2.45) is 5.92 Å². The van der Waals surface area contributed by atoms with Crippen molar-refractivity contribution in [3.05, 3.63) is 35.9 Å². The summed E-state index contributed by atoms with van der Waals surface area (Å²) < 4.78 is 11.3. The van der Waals surface area contributed by atoms with E-state index in [9.17, 15) is 4.79 Å². The van der Waals surface area contributed by atoms with Crippen LogP contribution in [0.3, 0.4) is 0 Å². The number of rotatable bonds is 10. The van der Waals surface area contributed by atoms with Crippen LogP contribution in [0.1, 0.15) is 39.7 Å². The highest BCUT2D eigenvalue weighted by Gasteiger charge is 2.27. The summed E-state index contributed by atoms with van der Waals surface area (Å²) in [5.74, 6) is 0.649. The molecule has 2 rings (SSSR count). The Morgan fingerprint density at radius 1 is 1.15 bits per heavy atom. The van der Waals surface area contributed by atoms with Crippen molar-refractivity contribution in [2.75, 3.05) is 39.5 Å². The summed E-state index contributed by atoms with van der Waals surface area (Å²) in [7, 11) is 0. The number of nitrogens with zero attached hydrogens (tertiary/aromatic N) is 2. The molecule has 27 heavy (non-hydrogen) atoms. The molecule has 1 aliphatic rings. The predicted molar refractivity (Wildman–Crippen MR) is 109 cm³/mol. The first-order chi connectivity index (χ1) is 13.0. The van der Waals surface area contributed by atoms with Crippen LogP contribution >= 0.6 is 0 Å². The monoisotopic (exact) mass is 376 g/mol. The van der Waals surface area contributed by atoms with Crippen molar-refractivity contribution in [3.8, 4) is 0 Å². The molecule has 0 N–H and O–H groups in total. The molecule has 1 aromatic rings. The Hall–Kier alpha value is -1.43. The molecule has 0 spiro atoms. The molecule has 0 saturated carbocycles. The standard InChI is InChI=1S/C22H36N2O3/c1-18(2)10-13-27-20(4)22(25)24(17-21-8-6-5-7-9-21)19(3)16-23-11-14-26-15-12-23/h5-9,18-20H,10-17H2,1-4H3. The smallest absolute Gasteiger partial charge is 0.251 e. The zero-order valence-corrected chi connectivity index (χ0v) is 17.4. The summed E-state index contributed by atoms with van der Waals surface area (Å²) in [6, 6.07) is 10.3. The minimum atomic E-state index is -0.417. The molecule has 152 valence electrons. The summed E-state index contributed by atoms with van der Waals surface area (Å²) >= 11 is 0. The van der Waals surface area contributed by atoms with Gasteiger partial charge in [-0.3, -0.25) is 9.69 Å². The quantitative estimate of drug-likeness (QED) is 0.629. The summed E-state index contributed by atoms with van der Waals surface area (Å²) in [5.41, 5.74) is 1.15. The van der Waals surface area contributed by atoms with E-state index in [1.807, 2.05) is 30.0 Å². The molecule has 0 bridgehead atoms. The molecule has 1 heterocycles. The number of carbonyl (C=O) groups excluding carboxylic acids is 1. The molecule has 0 aromatic heterocycles. The Morgan fingerprint density at radius 3 is 2.44 bits per heavy atom. The molecule has 0 aliphatic carbocycles. The number of benzene rings is 1. The van der Waals surface area contributed by atoms with E-state index in [0.29, 0.717) is 19.1 Å². The van der Waals surface area contributed by atoms with Gasteiger partial charge in [-0.2, -0.15) is 0 Å². The second-order valence-corrected chi connectivity index (χ2v) is 7.91. The van der Waals surface area contributed by atoms with Gasteiger partial charge in [0.2, 0.25) is 0 Å². The van der Waals surface area contributed by atoms with E-state index in [1.165, 1.54) is 0 Å². The zero-order valence-electron chi connectivity index (χ0n) is 17.4. The molecule has 5 nitrogen and oxygen atoms in total. The second kappa shape index (κ2) is 11.4. The van der Waals surface area contributed by atoms with Crippen LogP contribution < -0.4 is 0 Å². The number of ether oxygens (including phenoxy) is 2. The summed E-state index contributed by atoms with van der Waals surface area (Å²) in [6.45, 7) is 13.9. The van der Waals surface area contributed by atoms with Gasteiger partial charge in [-0.15, -0.1) is 0 Å². The molecule has 1 aromatic carbocycles. The minimum Gasteiger partial charge on any atom is -0.379 e. The van der Waals surface area contributed by atoms with Crippen molar-refractivity contribution in [2.45, 2.75) is 52.8 Å². The lowest BCUT2D eigenvalue weighted by molar-refractivity contribution is -0.146. The van der Waals surface area contributed by atoms with Gasteiger partial charge in [0.15, 0.2) is 0 Å². The number of morpholine rings is 1. The number of amides is 1. The van der Waals surface area contributed by atoms with Gasteiger partial charge in [0.1, 0.15) is 6.10 Å². The van der Waals surface area contributed by atoms with E-state index in [-0.39, 0.29) is 11.9 Å². The molecule has 1 fully saturated rings. The van der Waals surface area contributed by atoms with Crippen LogP contribution in [-0.2, 0) is 20.8 Å². The van der Waals surface area contributed by atoms with E-state index < -0.39 is 6.10 Å². The van der Waals surface area contributed by atoms with Gasteiger partial charge in [-0.05, 0) is 31.7 Å². The molecule has 0 radical (unpaired) electrons. The van der Waals surface area contributed by atoms with E-state index in [2.05, 4.69) is 37.8 Å². The predicted octanol–water partition coefficient (Wildman–Crippen LogP) is 3.19. The molecule has 1 saturated heterocycles. The maximum Gasteiger partial charge on any atom is 0.251 e. The van der Waals surface area contributed by atoms with Gasteiger partial charge < -0.3 is 14.4 Å². The third-order valence-corrected chi connectivity index (χ3v) is 5.05. The van der Waals surface area contributed by atoms with E-state index in [1.54, 1.807) is 0 Å². The Kier molecular flexibility index (Phi) is 9.25. The van der Waals surface area contributed by atoms with E-state index in [0.717, 1.165) is 44.8 Å². The van der Waals surface area contributed by atoms with Crippen molar-refractivity contribution in [3.63, 3.8) is 0 Å². The molecule has 1 amide bonds. The first kappa shape index (κ1) is 21.9. The van der Waals surface area contributed by atoms with Gasteiger partial charge in [0, 0.05) is 38.8 Å².